The molecule has 0 bridgehead atoms. The minimum Gasteiger partial charge on any atom is -0.507 e. The number of aromatic nitrogens is 3. The second kappa shape index (κ2) is 14.4. The Morgan fingerprint density at radius 1 is 0.586 bits per heavy atom. The van der Waals surface area contributed by atoms with Gasteiger partial charge in [0.05, 0.1) is 16.6 Å². The molecule has 0 unspecified atom stereocenters. The fourth-order valence-electron chi connectivity index (χ4n) is 8.46. The van der Waals surface area contributed by atoms with E-state index in [9.17, 15) is 5.11 Å². The molecule has 0 atom stereocenters. The van der Waals surface area contributed by atoms with Crippen LogP contribution < -0.4 is 0 Å². The molecule has 0 aliphatic heterocycles. The quantitative estimate of drug-likeness (QED) is 0.175. The summed E-state index contributed by atoms with van der Waals surface area (Å²) in [4.78, 5) is 10.3. The van der Waals surface area contributed by atoms with Gasteiger partial charge < -0.3 is 5.11 Å². The number of imidazole rings is 1. The Labute approximate surface area is 357 Å². The molecule has 1 aliphatic rings. The van der Waals surface area contributed by atoms with Crippen molar-refractivity contribution in [2.24, 2.45) is 0 Å². The normalized spacial score (nSPS) is 13.2. The predicted molar refractivity (Wildman–Crippen MR) is 236 cm³/mol. The minimum absolute atomic E-state index is 0. The van der Waals surface area contributed by atoms with Gasteiger partial charge in [0.1, 0.15) is 11.6 Å². The fraction of sp³-hybridized carbons (Fsp3) is 0.208. The molecule has 292 valence electrons. The zero-order valence-corrected chi connectivity index (χ0v) is 36.7. The van der Waals surface area contributed by atoms with Gasteiger partial charge in [0.2, 0.25) is 0 Å². The third-order valence-corrected chi connectivity index (χ3v) is 11.8. The fourth-order valence-corrected chi connectivity index (χ4v) is 8.46. The summed E-state index contributed by atoms with van der Waals surface area (Å²) in [6.45, 7) is 17.9. The van der Waals surface area contributed by atoms with Crippen LogP contribution in [0.25, 0.3) is 72.7 Å². The zero-order valence-electron chi connectivity index (χ0n) is 34.4. The summed E-state index contributed by atoms with van der Waals surface area (Å²) >= 11 is 0. The molecular formula is C53H48N3OPt-. The van der Waals surface area contributed by atoms with Crippen molar-refractivity contribution < 1.29 is 26.2 Å². The van der Waals surface area contributed by atoms with Gasteiger partial charge in [-0.25, -0.2) is 4.98 Å². The van der Waals surface area contributed by atoms with Gasteiger partial charge in [-0.1, -0.05) is 151 Å². The van der Waals surface area contributed by atoms with Gasteiger partial charge in [0.25, 0.3) is 0 Å². The van der Waals surface area contributed by atoms with Gasteiger partial charge in [-0.3, -0.25) is 9.55 Å². The molecule has 2 heterocycles. The van der Waals surface area contributed by atoms with Gasteiger partial charge in [-0.05, 0) is 86.2 Å². The molecule has 58 heavy (non-hydrogen) atoms. The molecular weight excluding hydrogens is 890 g/mol. The number of nitrogens with zero attached hydrogens (tertiary/aromatic N) is 3. The van der Waals surface area contributed by atoms with Crippen molar-refractivity contribution in [3.63, 3.8) is 0 Å². The number of rotatable bonds is 5. The van der Waals surface area contributed by atoms with E-state index in [1.807, 2.05) is 30.5 Å². The molecule has 6 aromatic carbocycles. The van der Waals surface area contributed by atoms with Crippen LogP contribution in [0.4, 0.5) is 0 Å². The maximum absolute atomic E-state index is 11.9. The summed E-state index contributed by atoms with van der Waals surface area (Å²) in [6.07, 6.45) is 1.90. The summed E-state index contributed by atoms with van der Waals surface area (Å²) in [6, 6.07) is 50.7. The number of phenols is 1. The SMILES string of the molecule is CC(C)(C)c1ccc(-c2ccnc(-c3[c-]c(-c4cccc5c4nc(-c4cc6c(cc4O)C(C)(C)c4ccccc4-6)n5-c4ccccc4)cc(C(C)(C)C)c3)c2)cc1.[Pt]. The Bertz CT molecular complexity index is 2840. The van der Waals surface area contributed by atoms with Crippen LogP contribution in [0.2, 0.25) is 0 Å². The molecule has 5 heteroatoms. The van der Waals surface area contributed by atoms with Crippen LogP contribution in [0.15, 0.2) is 140 Å². The van der Waals surface area contributed by atoms with Crippen LogP contribution >= 0.6 is 0 Å². The summed E-state index contributed by atoms with van der Waals surface area (Å²) in [5, 5.41) is 11.9. The second-order valence-corrected chi connectivity index (χ2v) is 18.1. The number of fused-ring (bicyclic) bond motifs is 4. The Hall–Kier alpha value is -5.57. The van der Waals surface area contributed by atoms with E-state index in [0.717, 1.165) is 61.4 Å². The second-order valence-electron chi connectivity index (χ2n) is 18.1. The van der Waals surface area contributed by atoms with Crippen LogP contribution in [0.3, 0.4) is 0 Å². The first-order chi connectivity index (χ1) is 27.2. The van der Waals surface area contributed by atoms with Gasteiger partial charge in [0.15, 0.2) is 0 Å². The van der Waals surface area contributed by atoms with Crippen LogP contribution in [0.5, 0.6) is 5.75 Å². The van der Waals surface area contributed by atoms with Crippen molar-refractivity contribution in [1.82, 2.24) is 14.5 Å². The number of benzene rings is 6. The molecule has 0 saturated carbocycles. The Balaban J connectivity index is 0.00000469. The van der Waals surface area contributed by atoms with Crippen LogP contribution in [0.1, 0.15) is 77.6 Å². The molecule has 1 aliphatic carbocycles. The first-order valence-electron chi connectivity index (χ1n) is 19.9. The summed E-state index contributed by atoms with van der Waals surface area (Å²) in [5.74, 6) is 0.899. The van der Waals surface area contributed by atoms with Crippen molar-refractivity contribution in [1.29, 1.82) is 0 Å². The summed E-state index contributed by atoms with van der Waals surface area (Å²) in [7, 11) is 0. The van der Waals surface area contributed by atoms with E-state index in [4.69, 9.17) is 9.97 Å². The van der Waals surface area contributed by atoms with Crippen molar-refractivity contribution in [3.05, 3.63) is 168 Å². The third-order valence-electron chi connectivity index (χ3n) is 11.8. The molecule has 2 aromatic heterocycles. The zero-order chi connectivity index (χ0) is 39.9. The number of hydrogen-bond acceptors (Lipinski definition) is 3. The third kappa shape index (κ3) is 6.72. The van der Waals surface area contributed by atoms with Gasteiger partial charge in [-0.2, -0.15) is 0 Å². The van der Waals surface area contributed by atoms with Crippen molar-refractivity contribution in [3.8, 4) is 67.5 Å². The standard InChI is InChI=1S/C53H48N3O.Pt/c1-51(2,3)37-23-21-33(22-24-37)34-25-26-54-46(30-34)36-27-35(28-38(29-36)52(4,5)6)40-18-14-20-47-49(40)55-50(56(47)39-15-10-9-11-16-39)43-31-42-41-17-12-13-19-44(41)53(7,8)45(42)32-48(43)57;/h9-26,28-32,57H,1-8H3;/q-1;. The molecule has 1 N–H and O–H groups in total. The minimum atomic E-state index is -0.231. The van der Waals surface area contributed by atoms with E-state index < -0.39 is 0 Å². The van der Waals surface area contributed by atoms with Crippen LogP contribution in [0, 0.1) is 6.07 Å². The van der Waals surface area contributed by atoms with Crippen molar-refractivity contribution in [2.75, 3.05) is 0 Å². The molecule has 4 nitrogen and oxygen atoms in total. The van der Waals surface area contributed by atoms with Crippen LogP contribution in [-0.2, 0) is 37.3 Å². The molecule has 9 rings (SSSR count). The average Bonchev–Trinajstić information content (AvgIpc) is 3.69. The molecule has 0 spiro atoms. The van der Waals surface area contributed by atoms with Crippen molar-refractivity contribution >= 4 is 11.0 Å². The van der Waals surface area contributed by atoms with Gasteiger partial charge in [-0.15, -0.1) is 29.3 Å². The molecule has 0 fully saturated rings. The Morgan fingerprint density at radius 2 is 1.26 bits per heavy atom. The average molecular weight is 938 g/mol. The molecule has 0 saturated heterocycles. The van der Waals surface area contributed by atoms with Gasteiger partial charge in [0, 0.05) is 44.1 Å². The number of aromatic hydroxyl groups is 1. The molecule has 8 aromatic rings. The number of hydrogen-bond donors (Lipinski definition) is 1. The smallest absolute Gasteiger partial charge is 0.148 e. The number of phenolic OH excluding ortho intramolecular Hbond substituents is 1. The van der Waals surface area contributed by atoms with Crippen molar-refractivity contribution in [2.45, 2.75) is 71.6 Å². The first-order valence-corrected chi connectivity index (χ1v) is 19.9. The Kier molecular flexibility index (Phi) is 9.72. The van der Waals surface area contributed by atoms with E-state index in [-0.39, 0.29) is 43.1 Å². The summed E-state index contributed by atoms with van der Waals surface area (Å²) < 4.78 is 2.18. The molecule has 0 amide bonds. The predicted octanol–water partition coefficient (Wildman–Crippen LogP) is 13.5. The van der Waals surface area contributed by atoms with Gasteiger partial charge >= 0.3 is 0 Å². The monoisotopic (exact) mass is 937 g/mol. The molecule has 0 radical (unpaired) electrons. The van der Waals surface area contributed by atoms with E-state index in [0.29, 0.717) is 11.4 Å². The van der Waals surface area contributed by atoms with E-state index in [1.165, 1.54) is 22.3 Å². The first kappa shape index (κ1) is 39.3. The van der Waals surface area contributed by atoms with E-state index in [1.54, 1.807) is 0 Å². The maximum Gasteiger partial charge on any atom is 0.148 e. The number of pyridine rings is 1. The largest absolute Gasteiger partial charge is 0.507 e. The topological polar surface area (TPSA) is 50.9 Å². The van der Waals surface area contributed by atoms with E-state index in [2.05, 4.69) is 175 Å². The van der Waals surface area contributed by atoms with E-state index >= 15 is 0 Å². The van der Waals surface area contributed by atoms with Crippen LogP contribution in [-0.4, -0.2) is 19.6 Å². The number of para-hydroxylation sites is 2. The maximum atomic E-state index is 11.9. The summed E-state index contributed by atoms with van der Waals surface area (Å²) in [5.41, 5.74) is 16.4. The Morgan fingerprint density at radius 3 is 1.98 bits per heavy atom.